The van der Waals surface area contributed by atoms with Crippen LogP contribution in [0.1, 0.15) is 37.8 Å². The highest BCUT2D eigenvalue weighted by atomic mass is 35.5. The predicted molar refractivity (Wildman–Crippen MR) is 118 cm³/mol. The number of hydrogen-bond acceptors (Lipinski definition) is 4. The molecule has 2 heterocycles. The summed E-state index contributed by atoms with van der Waals surface area (Å²) in [6, 6.07) is 13.7. The first-order valence-electron chi connectivity index (χ1n) is 10.8. The van der Waals surface area contributed by atoms with E-state index < -0.39 is 6.09 Å². The fraction of sp³-hybridized carbons (Fsp3) is 0.417. The molecular formula is C24H29ClN3O3-. The molecule has 31 heavy (non-hydrogen) atoms. The van der Waals surface area contributed by atoms with Crippen LogP contribution in [0.3, 0.4) is 0 Å². The summed E-state index contributed by atoms with van der Waals surface area (Å²) in [6.07, 6.45) is 3.50. The number of fused-ring (bicyclic) bond motifs is 2. The lowest BCUT2D eigenvalue weighted by Gasteiger charge is -2.31. The molecule has 1 atom stereocenters. The summed E-state index contributed by atoms with van der Waals surface area (Å²) in [5.41, 5.74) is 4.65. The summed E-state index contributed by atoms with van der Waals surface area (Å²) < 4.78 is 5.01. The lowest BCUT2D eigenvalue weighted by molar-refractivity contribution is -0.122. The largest absolute Gasteiger partial charge is 1.00 e. The van der Waals surface area contributed by atoms with Crippen molar-refractivity contribution in [3.63, 3.8) is 0 Å². The van der Waals surface area contributed by atoms with Gasteiger partial charge in [0.15, 0.2) is 0 Å². The Morgan fingerprint density at radius 1 is 1.03 bits per heavy atom. The molecule has 2 aliphatic heterocycles. The van der Waals surface area contributed by atoms with Gasteiger partial charge in [-0.25, -0.2) is 4.79 Å². The van der Waals surface area contributed by atoms with E-state index in [1.807, 2.05) is 48.2 Å². The third kappa shape index (κ3) is 4.86. The van der Waals surface area contributed by atoms with Crippen LogP contribution in [-0.2, 0) is 22.4 Å². The van der Waals surface area contributed by atoms with Gasteiger partial charge in [-0.3, -0.25) is 19.9 Å². The van der Waals surface area contributed by atoms with Crippen molar-refractivity contribution in [1.82, 2.24) is 4.90 Å². The van der Waals surface area contributed by atoms with E-state index in [9.17, 15) is 9.59 Å². The molecule has 1 fully saturated rings. The molecule has 2 amide bonds. The quantitative estimate of drug-likeness (QED) is 0.779. The lowest BCUT2D eigenvalue weighted by atomic mass is 10.0. The number of anilines is 3. The monoisotopic (exact) mass is 442 g/mol. The molecule has 2 aromatic rings. The van der Waals surface area contributed by atoms with E-state index in [1.165, 1.54) is 0 Å². The molecule has 1 N–H and O–H groups in total. The Hall–Kier alpha value is -2.57. The van der Waals surface area contributed by atoms with Gasteiger partial charge in [0.2, 0.25) is 5.91 Å². The van der Waals surface area contributed by atoms with Gasteiger partial charge in [0.1, 0.15) is 0 Å². The maximum atomic E-state index is 13.8. The van der Waals surface area contributed by atoms with Crippen LogP contribution >= 0.6 is 0 Å². The number of nitrogens with one attached hydrogen (secondary N) is 1. The molecular weight excluding hydrogens is 414 g/mol. The van der Waals surface area contributed by atoms with Gasteiger partial charge in [-0.15, -0.1) is 0 Å². The third-order valence-electron chi connectivity index (χ3n) is 6.01. The Morgan fingerprint density at radius 3 is 2.42 bits per heavy atom. The van der Waals surface area contributed by atoms with Gasteiger partial charge in [-0.2, -0.15) is 0 Å². The molecule has 1 unspecified atom stereocenters. The second-order valence-corrected chi connectivity index (χ2v) is 7.91. The van der Waals surface area contributed by atoms with Gasteiger partial charge in [0, 0.05) is 5.69 Å². The van der Waals surface area contributed by atoms with E-state index in [0.717, 1.165) is 61.3 Å². The van der Waals surface area contributed by atoms with Crippen molar-refractivity contribution in [3.8, 4) is 0 Å². The summed E-state index contributed by atoms with van der Waals surface area (Å²) in [5, 5.41) is 2.77. The second-order valence-electron chi connectivity index (χ2n) is 7.91. The van der Waals surface area contributed by atoms with Crippen LogP contribution in [-0.4, -0.2) is 42.6 Å². The van der Waals surface area contributed by atoms with Gasteiger partial charge in [-0.05, 0) is 81.9 Å². The number of benzene rings is 2. The number of likely N-dealkylation sites (tertiary alicyclic amines) is 1. The molecule has 166 valence electrons. The lowest BCUT2D eigenvalue weighted by Crippen LogP contribution is -3.00. The van der Waals surface area contributed by atoms with Crippen LogP contribution in [0.4, 0.5) is 21.9 Å². The van der Waals surface area contributed by atoms with Gasteiger partial charge >= 0.3 is 6.09 Å². The van der Waals surface area contributed by atoms with E-state index >= 15 is 0 Å². The van der Waals surface area contributed by atoms with Crippen LogP contribution in [0.15, 0.2) is 42.5 Å². The second kappa shape index (κ2) is 10.2. The van der Waals surface area contributed by atoms with Gasteiger partial charge in [0.25, 0.3) is 0 Å². The van der Waals surface area contributed by atoms with E-state index in [4.69, 9.17) is 4.74 Å². The average Bonchev–Trinajstić information content (AvgIpc) is 3.23. The van der Waals surface area contributed by atoms with Crippen LogP contribution in [0.5, 0.6) is 0 Å². The van der Waals surface area contributed by atoms with Crippen molar-refractivity contribution >= 4 is 29.1 Å². The number of nitrogens with zero attached hydrogens (tertiary/aromatic N) is 2. The number of carbonyl (C=O) groups is 2. The molecule has 7 heteroatoms. The van der Waals surface area contributed by atoms with Crippen molar-refractivity contribution in [3.05, 3.63) is 53.6 Å². The van der Waals surface area contributed by atoms with E-state index in [-0.39, 0.29) is 24.4 Å². The van der Waals surface area contributed by atoms with Crippen molar-refractivity contribution in [2.75, 3.05) is 29.9 Å². The van der Waals surface area contributed by atoms with Gasteiger partial charge in [0.05, 0.1) is 24.0 Å². The summed E-state index contributed by atoms with van der Waals surface area (Å²) in [6.45, 7) is 6.00. The Balaban J connectivity index is 0.00000272. The number of para-hydroxylation sites is 1. The Bertz CT molecular complexity index is 943. The van der Waals surface area contributed by atoms with Crippen molar-refractivity contribution in [1.29, 1.82) is 0 Å². The molecule has 0 aromatic heterocycles. The maximum Gasteiger partial charge on any atom is 0.411 e. The van der Waals surface area contributed by atoms with Gasteiger partial charge < -0.3 is 17.1 Å². The molecule has 4 rings (SSSR count). The minimum Gasteiger partial charge on any atom is -1.00 e. The number of carbonyl (C=O) groups excluding carboxylic acids is 2. The zero-order valence-electron chi connectivity index (χ0n) is 18.1. The first-order chi connectivity index (χ1) is 14.6. The number of aryl methyl sites for hydroxylation is 2. The van der Waals surface area contributed by atoms with Crippen LogP contribution < -0.4 is 22.6 Å². The molecule has 2 aromatic carbocycles. The van der Waals surface area contributed by atoms with Crippen molar-refractivity contribution in [2.24, 2.45) is 0 Å². The van der Waals surface area contributed by atoms with Crippen molar-refractivity contribution in [2.45, 2.75) is 45.6 Å². The van der Waals surface area contributed by atoms with Crippen LogP contribution in [0, 0.1) is 0 Å². The highest BCUT2D eigenvalue weighted by Gasteiger charge is 2.32. The summed E-state index contributed by atoms with van der Waals surface area (Å²) >= 11 is 0. The summed E-state index contributed by atoms with van der Waals surface area (Å²) in [7, 11) is 0. The van der Waals surface area contributed by atoms with Gasteiger partial charge in [-0.1, -0.05) is 24.3 Å². The Kier molecular flexibility index (Phi) is 7.57. The standard InChI is InChI=1S/C24H29N3O3.ClH/c1-3-30-24(29)25-20-13-12-19-11-10-18-8-4-5-9-21(18)27(22(19)16-20)23(28)17(2)26-14-6-7-15-26;/h4-5,8-9,12-13,16-17H,3,6-7,10-11,14-15H2,1-2H3,(H,25,29);1H/p-1. The SMILES string of the molecule is CCOC(=O)Nc1ccc2c(c1)N(C(=O)C(C)N1CCCC1)c1ccccc1CC2.[Cl-]. The minimum atomic E-state index is -0.491. The smallest absolute Gasteiger partial charge is 0.411 e. The van der Waals surface area contributed by atoms with Crippen LogP contribution in [0.2, 0.25) is 0 Å². The summed E-state index contributed by atoms with van der Waals surface area (Å²) in [5.74, 6) is 0.0702. The first-order valence-corrected chi connectivity index (χ1v) is 10.8. The number of rotatable bonds is 4. The number of amides is 2. The fourth-order valence-corrected chi connectivity index (χ4v) is 4.40. The highest BCUT2D eigenvalue weighted by Crippen LogP contribution is 2.38. The van der Waals surface area contributed by atoms with E-state index in [2.05, 4.69) is 16.3 Å². The predicted octanol–water partition coefficient (Wildman–Crippen LogP) is 1.51. The Morgan fingerprint density at radius 2 is 1.71 bits per heavy atom. The fourth-order valence-electron chi connectivity index (χ4n) is 4.40. The molecule has 0 saturated carbocycles. The zero-order chi connectivity index (χ0) is 21.1. The van der Waals surface area contributed by atoms with E-state index in [1.54, 1.807) is 6.92 Å². The maximum absolute atomic E-state index is 13.8. The average molecular weight is 443 g/mol. The van der Waals surface area contributed by atoms with Crippen molar-refractivity contribution < 1.29 is 26.7 Å². The molecule has 0 aliphatic carbocycles. The molecule has 0 radical (unpaired) electrons. The minimum absolute atomic E-state index is 0. The topological polar surface area (TPSA) is 61.9 Å². The molecule has 1 saturated heterocycles. The molecule has 0 bridgehead atoms. The summed E-state index contributed by atoms with van der Waals surface area (Å²) in [4.78, 5) is 29.8. The molecule has 6 nitrogen and oxygen atoms in total. The number of halogens is 1. The van der Waals surface area contributed by atoms with Crippen LogP contribution in [0.25, 0.3) is 0 Å². The highest BCUT2D eigenvalue weighted by molar-refractivity contribution is 6.05. The van der Waals surface area contributed by atoms with E-state index in [0.29, 0.717) is 12.3 Å². The number of ether oxygens (including phenoxy) is 1. The Labute approximate surface area is 190 Å². The molecule has 2 aliphatic rings. The molecule has 0 spiro atoms. The zero-order valence-corrected chi connectivity index (χ0v) is 18.8. The third-order valence-corrected chi connectivity index (χ3v) is 6.01. The number of hydrogen-bond donors (Lipinski definition) is 1. The first kappa shape index (κ1) is 23.1. The normalized spacial score (nSPS) is 16.4.